The summed E-state index contributed by atoms with van der Waals surface area (Å²) in [6, 6.07) is 4.19. The largest absolute Gasteiger partial charge is 0.335 e. The van der Waals surface area contributed by atoms with Crippen molar-refractivity contribution in [1.29, 1.82) is 0 Å². The Bertz CT molecular complexity index is 380. The Morgan fingerprint density at radius 1 is 1.59 bits per heavy atom. The van der Waals surface area contributed by atoms with E-state index in [2.05, 4.69) is 4.98 Å². The Morgan fingerprint density at radius 3 is 2.94 bits per heavy atom. The molecule has 0 bridgehead atoms. The maximum absolute atomic E-state index is 12.2. The van der Waals surface area contributed by atoms with E-state index in [-0.39, 0.29) is 17.9 Å². The van der Waals surface area contributed by atoms with Gasteiger partial charge in [-0.1, -0.05) is 6.92 Å². The molecule has 2 rings (SSSR count). The highest BCUT2D eigenvalue weighted by molar-refractivity contribution is 5.79. The van der Waals surface area contributed by atoms with Crippen LogP contribution in [0.2, 0.25) is 0 Å². The number of nitrogens with zero attached hydrogens (tertiary/aromatic N) is 2. The minimum absolute atomic E-state index is 0.0857. The molecule has 1 fully saturated rings. The summed E-state index contributed by atoms with van der Waals surface area (Å²) in [6.07, 6.45) is 5.66. The summed E-state index contributed by atoms with van der Waals surface area (Å²) in [6.45, 7) is 3.15. The van der Waals surface area contributed by atoms with E-state index in [1.165, 1.54) is 5.56 Å². The number of likely N-dealkylation sites (tertiary alicyclic amines) is 1. The fourth-order valence-electron chi connectivity index (χ4n) is 2.35. The summed E-state index contributed by atoms with van der Waals surface area (Å²) in [7, 11) is 0. The topological polar surface area (TPSA) is 59.2 Å². The third-order valence-electron chi connectivity index (χ3n) is 3.40. The lowest BCUT2D eigenvalue weighted by Crippen LogP contribution is -2.37. The second-order valence-corrected chi connectivity index (χ2v) is 4.61. The minimum Gasteiger partial charge on any atom is -0.335 e. The van der Waals surface area contributed by atoms with Crippen LogP contribution in [0.4, 0.5) is 0 Å². The van der Waals surface area contributed by atoms with Crippen molar-refractivity contribution in [3.05, 3.63) is 30.1 Å². The van der Waals surface area contributed by atoms with Crippen LogP contribution < -0.4 is 5.73 Å². The maximum atomic E-state index is 12.2. The Hall–Kier alpha value is -1.42. The second-order valence-electron chi connectivity index (χ2n) is 4.61. The molecule has 92 valence electrons. The van der Waals surface area contributed by atoms with Crippen LogP contribution in [-0.2, 0) is 4.79 Å². The summed E-state index contributed by atoms with van der Waals surface area (Å²) < 4.78 is 0. The highest BCUT2D eigenvalue weighted by Gasteiger charge is 2.31. The van der Waals surface area contributed by atoms with Gasteiger partial charge in [-0.25, -0.2) is 0 Å². The highest BCUT2D eigenvalue weighted by Crippen LogP contribution is 2.32. The van der Waals surface area contributed by atoms with Gasteiger partial charge in [-0.15, -0.1) is 0 Å². The van der Waals surface area contributed by atoms with Crippen molar-refractivity contribution in [3.63, 3.8) is 0 Å². The van der Waals surface area contributed by atoms with Crippen LogP contribution in [0.3, 0.4) is 0 Å². The van der Waals surface area contributed by atoms with Gasteiger partial charge >= 0.3 is 0 Å². The van der Waals surface area contributed by atoms with Gasteiger partial charge in [0.15, 0.2) is 0 Å². The number of amides is 1. The number of pyridine rings is 1. The molecule has 1 aliphatic heterocycles. The molecule has 0 aromatic carbocycles. The molecule has 4 heteroatoms. The van der Waals surface area contributed by atoms with Crippen molar-refractivity contribution >= 4 is 5.91 Å². The van der Waals surface area contributed by atoms with E-state index in [9.17, 15) is 4.79 Å². The van der Waals surface area contributed by atoms with Gasteiger partial charge in [0.05, 0.1) is 6.04 Å². The van der Waals surface area contributed by atoms with E-state index < -0.39 is 0 Å². The molecule has 2 heterocycles. The number of carbonyl (C=O) groups is 1. The van der Waals surface area contributed by atoms with E-state index in [1.54, 1.807) is 12.4 Å². The molecule has 2 atom stereocenters. The first-order chi connectivity index (χ1) is 8.24. The van der Waals surface area contributed by atoms with Crippen molar-refractivity contribution < 1.29 is 4.79 Å². The number of carbonyl (C=O) groups excluding carboxylic acids is 1. The standard InChI is InChI=1S/C13H19N3O/c1-10(9-14)13(17)16-8-2-3-12(16)11-4-6-15-7-5-11/h4-7,10,12H,2-3,8-9,14H2,1H3. The Kier molecular flexibility index (Phi) is 3.74. The molecule has 1 aromatic heterocycles. The van der Waals surface area contributed by atoms with Gasteiger partial charge in [-0.3, -0.25) is 9.78 Å². The van der Waals surface area contributed by atoms with Crippen molar-refractivity contribution in [1.82, 2.24) is 9.88 Å². The normalized spacial score (nSPS) is 21.5. The average molecular weight is 233 g/mol. The summed E-state index contributed by atoms with van der Waals surface area (Å²) in [4.78, 5) is 18.2. The van der Waals surface area contributed by atoms with Crippen LogP contribution in [0.25, 0.3) is 0 Å². The van der Waals surface area contributed by atoms with E-state index in [1.807, 2.05) is 24.0 Å². The van der Waals surface area contributed by atoms with Crippen molar-refractivity contribution in [3.8, 4) is 0 Å². The number of nitrogens with two attached hydrogens (primary N) is 1. The molecule has 4 nitrogen and oxygen atoms in total. The zero-order valence-electron chi connectivity index (χ0n) is 10.2. The van der Waals surface area contributed by atoms with Gasteiger partial charge in [-0.05, 0) is 30.5 Å². The van der Waals surface area contributed by atoms with Crippen LogP contribution in [0.5, 0.6) is 0 Å². The van der Waals surface area contributed by atoms with Crippen LogP contribution in [-0.4, -0.2) is 28.9 Å². The Labute approximate surface area is 102 Å². The first kappa shape index (κ1) is 12.0. The van der Waals surface area contributed by atoms with Crippen LogP contribution in [0.15, 0.2) is 24.5 Å². The first-order valence-corrected chi connectivity index (χ1v) is 6.14. The predicted octanol–water partition coefficient (Wildman–Crippen LogP) is 1.34. The average Bonchev–Trinajstić information content (AvgIpc) is 2.87. The lowest BCUT2D eigenvalue weighted by atomic mass is 10.0. The zero-order valence-corrected chi connectivity index (χ0v) is 10.2. The van der Waals surface area contributed by atoms with Crippen molar-refractivity contribution in [2.45, 2.75) is 25.8 Å². The molecule has 2 unspecified atom stereocenters. The molecule has 0 saturated carbocycles. The molecule has 1 aliphatic rings. The predicted molar refractivity (Wildman–Crippen MR) is 66.1 cm³/mol. The van der Waals surface area contributed by atoms with Crippen molar-refractivity contribution in [2.24, 2.45) is 11.7 Å². The molecule has 17 heavy (non-hydrogen) atoms. The van der Waals surface area contributed by atoms with Gasteiger partial charge < -0.3 is 10.6 Å². The summed E-state index contributed by atoms with van der Waals surface area (Å²) >= 11 is 0. The van der Waals surface area contributed by atoms with Crippen LogP contribution in [0, 0.1) is 5.92 Å². The van der Waals surface area contributed by atoms with Crippen molar-refractivity contribution in [2.75, 3.05) is 13.1 Å². The Morgan fingerprint density at radius 2 is 2.29 bits per heavy atom. The molecule has 0 radical (unpaired) electrons. The van der Waals surface area contributed by atoms with Gasteiger partial charge in [-0.2, -0.15) is 0 Å². The van der Waals surface area contributed by atoms with Gasteiger partial charge in [0, 0.05) is 31.4 Å². The molecule has 0 aliphatic carbocycles. The SMILES string of the molecule is CC(CN)C(=O)N1CCCC1c1ccncc1. The molecular formula is C13H19N3O. The van der Waals surface area contributed by atoms with E-state index in [4.69, 9.17) is 5.73 Å². The maximum Gasteiger partial charge on any atom is 0.227 e. The number of aromatic nitrogens is 1. The molecular weight excluding hydrogens is 214 g/mol. The number of hydrogen-bond acceptors (Lipinski definition) is 3. The summed E-state index contributed by atoms with van der Waals surface area (Å²) in [5.74, 6) is 0.0873. The minimum atomic E-state index is -0.0857. The third kappa shape index (κ3) is 2.47. The Balaban J connectivity index is 2.15. The first-order valence-electron chi connectivity index (χ1n) is 6.14. The van der Waals surface area contributed by atoms with Crippen LogP contribution >= 0.6 is 0 Å². The molecule has 1 aromatic rings. The lowest BCUT2D eigenvalue weighted by molar-refractivity contribution is -0.135. The molecule has 0 spiro atoms. The number of rotatable bonds is 3. The third-order valence-corrected chi connectivity index (χ3v) is 3.40. The highest BCUT2D eigenvalue weighted by atomic mass is 16.2. The number of hydrogen-bond donors (Lipinski definition) is 1. The quantitative estimate of drug-likeness (QED) is 0.857. The monoisotopic (exact) mass is 233 g/mol. The van der Waals surface area contributed by atoms with Gasteiger partial charge in [0.25, 0.3) is 0 Å². The lowest BCUT2D eigenvalue weighted by Gasteiger charge is -2.27. The van der Waals surface area contributed by atoms with Gasteiger partial charge in [0.2, 0.25) is 5.91 Å². The van der Waals surface area contributed by atoms with E-state index in [0.29, 0.717) is 6.54 Å². The molecule has 1 amide bonds. The van der Waals surface area contributed by atoms with Gasteiger partial charge in [0.1, 0.15) is 0 Å². The van der Waals surface area contributed by atoms with E-state index in [0.717, 1.165) is 19.4 Å². The smallest absolute Gasteiger partial charge is 0.227 e. The fourth-order valence-corrected chi connectivity index (χ4v) is 2.35. The molecule has 2 N–H and O–H groups in total. The summed E-state index contributed by atoms with van der Waals surface area (Å²) in [5.41, 5.74) is 6.74. The van der Waals surface area contributed by atoms with Crippen LogP contribution in [0.1, 0.15) is 31.4 Å². The second kappa shape index (κ2) is 5.27. The molecule has 1 saturated heterocycles. The van der Waals surface area contributed by atoms with E-state index >= 15 is 0 Å². The fraction of sp³-hybridized carbons (Fsp3) is 0.538. The summed E-state index contributed by atoms with van der Waals surface area (Å²) in [5, 5.41) is 0. The zero-order chi connectivity index (χ0) is 12.3.